The summed E-state index contributed by atoms with van der Waals surface area (Å²) >= 11 is 0. The van der Waals surface area contributed by atoms with Crippen molar-refractivity contribution in [1.82, 2.24) is 15.3 Å². The van der Waals surface area contributed by atoms with Crippen molar-refractivity contribution in [3.63, 3.8) is 0 Å². The second-order valence-electron chi connectivity index (χ2n) is 7.22. The molecule has 130 valence electrons. The van der Waals surface area contributed by atoms with E-state index < -0.39 is 17.0 Å². The molecule has 2 N–H and O–H groups in total. The molecule has 0 fully saturated rings. The Balaban J connectivity index is 3.06. The molecule has 0 aliphatic carbocycles. The highest BCUT2D eigenvalue weighted by atomic mass is 16.1. The van der Waals surface area contributed by atoms with Crippen LogP contribution in [0.25, 0.3) is 0 Å². The lowest BCUT2D eigenvalue weighted by molar-refractivity contribution is -0.131. The number of hydrogen-bond donors (Lipinski definition) is 2. The van der Waals surface area contributed by atoms with Crippen LogP contribution in [0.5, 0.6) is 0 Å². The molecule has 0 aromatic carbocycles. The molecule has 0 aliphatic heterocycles. The standard InChI is InChI=1S/C18H31N3O2/c1-7-9-17(4,5)16(23)15(10-14-11-19-12-20-14)21-18(6,8-2)13(3)22/h11-12,15,21H,7-10H2,1-6H3,(H,19,20). The highest BCUT2D eigenvalue weighted by Crippen LogP contribution is 2.27. The molecule has 23 heavy (non-hydrogen) atoms. The van der Waals surface area contributed by atoms with Gasteiger partial charge in [-0.3, -0.25) is 14.9 Å². The molecule has 0 saturated carbocycles. The Morgan fingerprint density at radius 1 is 1.30 bits per heavy atom. The first-order valence-electron chi connectivity index (χ1n) is 8.46. The van der Waals surface area contributed by atoms with E-state index in [-0.39, 0.29) is 11.6 Å². The molecule has 0 bridgehead atoms. The van der Waals surface area contributed by atoms with Crippen molar-refractivity contribution in [2.75, 3.05) is 0 Å². The maximum absolute atomic E-state index is 13.1. The fraction of sp³-hybridized carbons (Fsp3) is 0.722. The predicted octanol–water partition coefficient (Wildman–Crippen LogP) is 3.06. The summed E-state index contributed by atoms with van der Waals surface area (Å²) in [5, 5.41) is 3.34. The van der Waals surface area contributed by atoms with Crippen molar-refractivity contribution in [2.24, 2.45) is 5.41 Å². The van der Waals surface area contributed by atoms with Crippen molar-refractivity contribution >= 4 is 11.6 Å². The van der Waals surface area contributed by atoms with E-state index in [1.165, 1.54) is 0 Å². The lowest BCUT2D eigenvalue weighted by atomic mass is 9.78. The monoisotopic (exact) mass is 321 g/mol. The minimum atomic E-state index is -0.692. The smallest absolute Gasteiger partial charge is 0.155 e. The van der Waals surface area contributed by atoms with Gasteiger partial charge < -0.3 is 4.98 Å². The Morgan fingerprint density at radius 3 is 2.39 bits per heavy atom. The van der Waals surface area contributed by atoms with Crippen molar-refractivity contribution in [3.05, 3.63) is 18.2 Å². The van der Waals surface area contributed by atoms with Crippen molar-refractivity contribution in [2.45, 2.75) is 78.8 Å². The fourth-order valence-corrected chi connectivity index (χ4v) is 2.88. The van der Waals surface area contributed by atoms with Crippen LogP contribution in [0, 0.1) is 5.41 Å². The Bertz CT molecular complexity index is 522. The van der Waals surface area contributed by atoms with Gasteiger partial charge in [-0.2, -0.15) is 0 Å². The van der Waals surface area contributed by atoms with E-state index in [1.807, 2.05) is 27.7 Å². The molecule has 1 aromatic rings. The fourth-order valence-electron chi connectivity index (χ4n) is 2.88. The van der Waals surface area contributed by atoms with Gasteiger partial charge in [0.05, 0.1) is 17.9 Å². The third kappa shape index (κ3) is 4.99. The number of imidazole rings is 1. The molecule has 1 heterocycles. The topological polar surface area (TPSA) is 74.8 Å². The van der Waals surface area contributed by atoms with E-state index in [0.717, 1.165) is 18.5 Å². The highest BCUT2D eigenvalue weighted by molar-refractivity contribution is 5.91. The molecule has 0 radical (unpaired) electrons. The molecule has 0 spiro atoms. The molecule has 5 nitrogen and oxygen atoms in total. The van der Waals surface area contributed by atoms with Crippen LogP contribution >= 0.6 is 0 Å². The summed E-state index contributed by atoms with van der Waals surface area (Å²) in [6.07, 6.45) is 6.27. The summed E-state index contributed by atoms with van der Waals surface area (Å²) in [6.45, 7) is 11.5. The number of Topliss-reactive ketones (excluding diaryl/α,β-unsaturated/α-hetero) is 2. The molecule has 0 aliphatic rings. The molecule has 1 aromatic heterocycles. The first-order chi connectivity index (χ1) is 10.7. The maximum Gasteiger partial charge on any atom is 0.155 e. The number of hydrogen-bond acceptors (Lipinski definition) is 4. The van der Waals surface area contributed by atoms with Gasteiger partial charge >= 0.3 is 0 Å². The van der Waals surface area contributed by atoms with Gasteiger partial charge in [-0.05, 0) is 26.7 Å². The van der Waals surface area contributed by atoms with Crippen LogP contribution in [0.2, 0.25) is 0 Å². The first-order valence-corrected chi connectivity index (χ1v) is 8.46. The Hall–Kier alpha value is -1.49. The zero-order chi connectivity index (χ0) is 17.7. The largest absolute Gasteiger partial charge is 0.348 e. The molecule has 0 saturated heterocycles. The Kier molecular flexibility index (Phi) is 6.69. The highest BCUT2D eigenvalue weighted by Gasteiger charge is 2.38. The van der Waals surface area contributed by atoms with Gasteiger partial charge in [0.15, 0.2) is 5.78 Å². The van der Waals surface area contributed by atoms with Gasteiger partial charge in [0.2, 0.25) is 0 Å². The Labute approximate surface area is 139 Å². The quantitative estimate of drug-likeness (QED) is 0.694. The number of aromatic amines is 1. The van der Waals surface area contributed by atoms with Crippen LogP contribution in [-0.2, 0) is 16.0 Å². The van der Waals surface area contributed by atoms with E-state index in [4.69, 9.17) is 0 Å². The summed E-state index contributed by atoms with van der Waals surface area (Å²) in [5.74, 6) is 0.200. The first kappa shape index (κ1) is 19.6. The number of aromatic nitrogens is 2. The van der Waals surface area contributed by atoms with Crippen LogP contribution in [0.15, 0.2) is 12.5 Å². The van der Waals surface area contributed by atoms with Gasteiger partial charge in [-0.15, -0.1) is 0 Å². The second-order valence-corrected chi connectivity index (χ2v) is 7.22. The van der Waals surface area contributed by atoms with Gasteiger partial charge in [0, 0.05) is 23.7 Å². The number of carbonyl (C=O) groups excluding carboxylic acids is 2. The van der Waals surface area contributed by atoms with Crippen LogP contribution in [0.1, 0.15) is 66.5 Å². The summed E-state index contributed by atoms with van der Waals surface area (Å²) in [7, 11) is 0. The van der Waals surface area contributed by atoms with E-state index in [2.05, 4.69) is 22.2 Å². The lowest BCUT2D eigenvalue weighted by Gasteiger charge is -2.35. The van der Waals surface area contributed by atoms with E-state index >= 15 is 0 Å². The molecule has 1 rings (SSSR count). The lowest BCUT2D eigenvalue weighted by Crippen LogP contribution is -2.57. The van der Waals surface area contributed by atoms with Crippen LogP contribution in [0.4, 0.5) is 0 Å². The van der Waals surface area contributed by atoms with E-state index in [9.17, 15) is 9.59 Å². The molecular weight excluding hydrogens is 290 g/mol. The van der Waals surface area contributed by atoms with Crippen molar-refractivity contribution in [3.8, 4) is 0 Å². The zero-order valence-electron chi connectivity index (χ0n) is 15.3. The van der Waals surface area contributed by atoms with Crippen LogP contribution in [0.3, 0.4) is 0 Å². The predicted molar refractivity (Wildman–Crippen MR) is 92.3 cm³/mol. The number of rotatable bonds is 10. The minimum Gasteiger partial charge on any atom is -0.348 e. The summed E-state index contributed by atoms with van der Waals surface area (Å²) < 4.78 is 0. The van der Waals surface area contributed by atoms with Gasteiger partial charge in [-0.1, -0.05) is 34.1 Å². The number of nitrogens with zero attached hydrogens (tertiary/aromatic N) is 1. The normalized spacial score (nSPS) is 15.9. The van der Waals surface area contributed by atoms with Gasteiger partial charge in [0.25, 0.3) is 0 Å². The SMILES string of the molecule is CCCC(C)(C)C(=O)C(Cc1cnc[nH]1)NC(C)(CC)C(C)=O. The summed E-state index contributed by atoms with van der Waals surface area (Å²) in [4.78, 5) is 32.2. The average Bonchev–Trinajstić information content (AvgIpc) is 2.98. The zero-order valence-corrected chi connectivity index (χ0v) is 15.3. The van der Waals surface area contributed by atoms with Crippen molar-refractivity contribution < 1.29 is 9.59 Å². The molecule has 2 atom stereocenters. The van der Waals surface area contributed by atoms with Gasteiger partial charge in [-0.25, -0.2) is 4.98 Å². The number of ketones is 2. The van der Waals surface area contributed by atoms with Gasteiger partial charge in [0.1, 0.15) is 5.78 Å². The molecule has 0 amide bonds. The average molecular weight is 321 g/mol. The number of nitrogens with one attached hydrogen (secondary N) is 2. The third-order valence-corrected chi connectivity index (χ3v) is 4.81. The molecular formula is C18H31N3O2. The van der Waals surface area contributed by atoms with E-state index in [1.54, 1.807) is 19.4 Å². The molecule has 5 heteroatoms. The summed E-state index contributed by atoms with van der Waals surface area (Å²) in [5.41, 5.74) is -0.217. The maximum atomic E-state index is 13.1. The minimum absolute atomic E-state index is 0.0516. The second kappa shape index (κ2) is 7.86. The van der Waals surface area contributed by atoms with E-state index in [0.29, 0.717) is 12.8 Å². The van der Waals surface area contributed by atoms with Crippen LogP contribution < -0.4 is 5.32 Å². The Morgan fingerprint density at radius 2 is 1.96 bits per heavy atom. The summed E-state index contributed by atoms with van der Waals surface area (Å²) in [6, 6.07) is -0.411. The third-order valence-electron chi connectivity index (χ3n) is 4.81. The number of carbonyl (C=O) groups is 2. The van der Waals surface area contributed by atoms with Crippen LogP contribution in [-0.4, -0.2) is 33.1 Å². The van der Waals surface area contributed by atoms with Crippen molar-refractivity contribution in [1.29, 1.82) is 0 Å². The number of H-pyrrole nitrogens is 1. The molecule has 2 unspecified atom stereocenters.